The average Bonchev–Trinajstić information content (AvgIpc) is 3.29. The van der Waals surface area contributed by atoms with Gasteiger partial charge in [0.2, 0.25) is 0 Å². The molecule has 1 heterocycles. The molecular formula is C24H22ClF2N3O7. The Morgan fingerprint density at radius 3 is 2.41 bits per heavy atom. The molecule has 10 nitrogen and oxygen atoms in total. The number of hydrogen-bond donors (Lipinski definition) is 3. The average molecular weight is 538 g/mol. The minimum Gasteiger partial charge on any atom is -0.477 e. The number of alkyl halides is 2. The third-order valence-corrected chi connectivity index (χ3v) is 5.62. The van der Waals surface area contributed by atoms with Crippen LogP contribution in [0.3, 0.4) is 0 Å². The minimum atomic E-state index is -2.99. The number of rotatable bonds is 11. The van der Waals surface area contributed by atoms with Crippen LogP contribution in [0.4, 0.5) is 8.78 Å². The van der Waals surface area contributed by atoms with Gasteiger partial charge in [0, 0.05) is 11.1 Å². The second kappa shape index (κ2) is 12.3. The zero-order valence-corrected chi connectivity index (χ0v) is 20.1. The summed E-state index contributed by atoms with van der Waals surface area (Å²) < 4.78 is 34.6. The van der Waals surface area contributed by atoms with Gasteiger partial charge in [-0.1, -0.05) is 41.9 Å². The molecule has 0 aliphatic carbocycles. The summed E-state index contributed by atoms with van der Waals surface area (Å²) in [5, 5.41) is 26.9. The van der Waals surface area contributed by atoms with Crippen LogP contribution < -0.4 is 10.1 Å². The molecule has 13 heteroatoms. The summed E-state index contributed by atoms with van der Waals surface area (Å²) in [6, 6.07) is 11.9. The highest BCUT2D eigenvalue weighted by molar-refractivity contribution is 6.31. The highest BCUT2D eigenvalue weighted by Crippen LogP contribution is 2.19. The van der Waals surface area contributed by atoms with E-state index in [1.807, 2.05) is 0 Å². The highest BCUT2D eigenvalue weighted by atomic mass is 35.5. The largest absolute Gasteiger partial charge is 0.477 e. The third kappa shape index (κ3) is 7.24. The van der Waals surface area contributed by atoms with Crippen LogP contribution in [0, 0.1) is 0 Å². The smallest absolute Gasteiger partial charge is 0.387 e. The van der Waals surface area contributed by atoms with Gasteiger partial charge in [0.05, 0.1) is 19.7 Å². The Hall–Kier alpha value is -4.03. The standard InChI is InChI=1S/C24H22ClF2N3O7/c1-36-23(35)20(31)17(10-14-4-2-3-5-16(14)25)28-21(32)18-11-19(22(33)34)30(29-18)12-13-6-8-15(9-7-13)37-24(26)27/h2-9,11,17,20,24,31H,10,12H2,1H3,(H,28,32)(H,33,34)/t17-,20-/m1/s1. The van der Waals surface area contributed by atoms with E-state index in [1.54, 1.807) is 24.3 Å². The number of halogens is 3. The molecule has 1 amide bonds. The van der Waals surface area contributed by atoms with Crippen molar-refractivity contribution in [3.63, 3.8) is 0 Å². The molecule has 196 valence electrons. The summed E-state index contributed by atoms with van der Waals surface area (Å²) in [6.45, 7) is -3.09. The first-order chi connectivity index (χ1) is 17.6. The summed E-state index contributed by atoms with van der Waals surface area (Å²) >= 11 is 6.17. The van der Waals surface area contributed by atoms with Gasteiger partial charge < -0.3 is 25.0 Å². The van der Waals surface area contributed by atoms with E-state index < -0.39 is 36.6 Å². The maximum Gasteiger partial charge on any atom is 0.387 e. The molecule has 0 aliphatic rings. The normalized spacial score (nSPS) is 12.6. The number of ether oxygens (including phenoxy) is 2. The van der Waals surface area contributed by atoms with Crippen LogP contribution in [0.5, 0.6) is 5.75 Å². The van der Waals surface area contributed by atoms with E-state index in [2.05, 4.69) is 19.9 Å². The molecule has 0 aliphatic heterocycles. The lowest BCUT2D eigenvalue weighted by Gasteiger charge is -2.22. The number of carboxylic acid groups (broad SMARTS) is 1. The van der Waals surface area contributed by atoms with Crippen LogP contribution in [-0.4, -0.2) is 63.7 Å². The number of amides is 1. The van der Waals surface area contributed by atoms with Crippen molar-refractivity contribution in [3.8, 4) is 5.75 Å². The minimum absolute atomic E-state index is 0.0405. The van der Waals surface area contributed by atoms with Gasteiger partial charge in [-0.15, -0.1) is 0 Å². The zero-order chi connectivity index (χ0) is 27.1. The molecule has 2 aromatic carbocycles. The number of nitrogens with zero attached hydrogens (tertiary/aromatic N) is 2. The van der Waals surface area contributed by atoms with Crippen molar-refractivity contribution in [2.45, 2.75) is 31.7 Å². The van der Waals surface area contributed by atoms with E-state index in [1.165, 1.54) is 24.3 Å². The number of aliphatic hydroxyl groups is 1. The van der Waals surface area contributed by atoms with Gasteiger partial charge in [-0.25, -0.2) is 9.59 Å². The van der Waals surface area contributed by atoms with E-state index in [4.69, 9.17) is 11.6 Å². The van der Waals surface area contributed by atoms with Crippen LogP contribution in [0.15, 0.2) is 54.6 Å². The van der Waals surface area contributed by atoms with Gasteiger partial charge in [0.15, 0.2) is 11.8 Å². The first kappa shape index (κ1) is 27.6. The molecule has 1 aromatic heterocycles. The Morgan fingerprint density at radius 2 is 1.81 bits per heavy atom. The Morgan fingerprint density at radius 1 is 1.14 bits per heavy atom. The molecule has 0 unspecified atom stereocenters. The van der Waals surface area contributed by atoms with Gasteiger partial charge in [0.25, 0.3) is 5.91 Å². The van der Waals surface area contributed by atoms with E-state index in [9.17, 15) is 33.4 Å². The van der Waals surface area contributed by atoms with Gasteiger partial charge >= 0.3 is 18.6 Å². The number of carboxylic acids is 1. The Bertz CT molecular complexity index is 1270. The lowest BCUT2D eigenvalue weighted by molar-refractivity contribution is -0.151. The Labute approximate surface area is 214 Å². The van der Waals surface area contributed by atoms with E-state index >= 15 is 0 Å². The molecule has 3 aromatic rings. The fraction of sp³-hybridized carbons (Fsp3) is 0.250. The second-order valence-electron chi connectivity index (χ2n) is 7.74. The van der Waals surface area contributed by atoms with E-state index in [0.717, 1.165) is 17.9 Å². The number of carbonyl (C=O) groups is 3. The zero-order valence-electron chi connectivity index (χ0n) is 19.3. The van der Waals surface area contributed by atoms with Crippen molar-refractivity contribution >= 4 is 29.4 Å². The van der Waals surface area contributed by atoms with Crippen molar-refractivity contribution in [1.29, 1.82) is 0 Å². The molecular weight excluding hydrogens is 516 g/mol. The Balaban J connectivity index is 1.83. The number of esters is 1. The lowest BCUT2D eigenvalue weighted by atomic mass is 10.0. The number of aliphatic hydroxyl groups excluding tert-OH is 1. The fourth-order valence-corrected chi connectivity index (χ4v) is 3.65. The van der Waals surface area contributed by atoms with Crippen molar-refractivity contribution in [3.05, 3.63) is 82.1 Å². The van der Waals surface area contributed by atoms with Gasteiger partial charge in [-0.3, -0.25) is 9.48 Å². The van der Waals surface area contributed by atoms with Crippen molar-refractivity contribution in [2.24, 2.45) is 0 Å². The van der Waals surface area contributed by atoms with Gasteiger partial charge in [-0.05, 0) is 35.7 Å². The lowest BCUT2D eigenvalue weighted by Crippen LogP contribution is -2.48. The van der Waals surface area contributed by atoms with Gasteiger partial charge in [0.1, 0.15) is 11.4 Å². The predicted molar refractivity (Wildman–Crippen MR) is 126 cm³/mol. The number of carbonyl (C=O) groups excluding carboxylic acids is 2. The number of aromatic carboxylic acids is 1. The van der Waals surface area contributed by atoms with Crippen LogP contribution in [0.1, 0.15) is 32.1 Å². The second-order valence-corrected chi connectivity index (χ2v) is 8.15. The molecule has 3 N–H and O–H groups in total. The van der Waals surface area contributed by atoms with Crippen LogP contribution in [0.25, 0.3) is 0 Å². The number of methoxy groups -OCH3 is 1. The van der Waals surface area contributed by atoms with Crippen LogP contribution in [-0.2, 0) is 22.5 Å². The van der Waals surface area contributed by atoms with Crippen molar-refractivity contribution in [1.82, 2.24) is 15.1 Å². The highest BCUT2D eigenvalue weighted by Gasteiger charge is 2.30. The molecule has 0 radical (unpaired) electrons. The molecule has 2 atom stereocenters. The summed E-state index contributed by atoms with van der Waals surface area (Å²) in [5.74, 6) is -3.30. The summed E-state index contributed by atoms with van der Waals surface area (Å²) in [7, 11) is 1.08. The third-order valence-electron chi connectivity index (χ3n) is 5.25. The number of hydrogen-bond acceptors (Lipinski definition) is 7. The molecule has 3 rings (SSSR count). The molecule has 0 saturated carbocycles. The summed E-state index contributed by atoms with van der Waals surface area (Å²) in [4.78, 5) is 36.7. The molecule has 0 spiro atoms. The fourth-order valence-electron chi connectivity index (χ4n) is 3.44. The number of benzene rings is 2. The van der Waals surface area contributed by atoms with Crippen molar-refractivity contribution < 1.29 is 42.9 Å². The maximum atomic E-state index is 13.0. The van der Waals surface area contributed by atoms with Gasteiger partial charge in [-0.2, -0.15) is 13.9 Å². The number of aromatic nitrogens is 2. The van der Waals surface area contributed by atoms with Crippen LogP contribution >= 0.6 is 11.6 Å². The van der Waals surface area contributed by atoms with E-state index in [-0.39, 0.29) is 30.1 Å². The number of nitrogens with one attached hydrogen (secondary N) is 1. The monoisotopic (exact) mass is 537 g/mol. The molecule has 37 heavy (non-hydrogen) atoms. The predicted octanol–water partition coefficient (Wildman–Crippen LogP) is 2.76. The van der Waals surface area contributed by atoms with E-state index in [0.29, 0.717) is 16.1 Å². The summed E-state index contributed by atoms with van der Waals surface area (Å²) in [6.07, 6.45) is -1.79. The maximum absolute atomic E-state index is 13.0. The Kier molecular flexibility index (Phi) is 9.15. The SMILES string of the molecule is COC(=O)[C@H](O)[C@@H](Cc1ccccc1Cl)NC(=O)c1cc(C(=O)O)n(Cc2ccc(OC(F)F)cc2)n1. The van der Waals surface area contributed by atoms with Crippen molar-refractivity contribution in [2.75, 3.05) is 7.11 Å². The summed E-state index contributed by atoms with van der Waals surface area (Å²) in [5.41, 5.74) is 0.413. The first-order valence-corrected chi connectivity index (χ1v) is 11.1. The topological polar surface area (TPSA) is 140 Å². The molecule has 0 bridgehead atoms. The molecule has 0 saturated heterocycles. The first-order valence-electron chi connectivity index (χ1n) is 10.7. The van der Waals surface area contributed by atoms with Crippen LogP contribution in [0.2, 0.25) is 5.02 Å². The molecule has 0 fully saturated rings. The quantitative estimate of drug-likeness (QED) is 0.317.